The SMILES string of the molecule is COCOC1CCC(NC(=O)c2n[nH]cc2NC(=O)c2c(F)cccc2Cl)CC1. The minimum Gasteiger partial charge on any atom is -0.359 e. The molecule has 3 rings (SSSR count). The fourth-order valence-electron chi connectivity index (χ4n) is 3.25. The molecule has 1 saturated carbocycles. The number of ether oxygens (including phenoxy) is 2. The highest BCUT2D eigenvalue weighted by Gasteiger charge is 2.26. The number of nitrogens with one attached hydrogen (secondary N) is 3. The summed E-state index contributed by atoms with van der Waals surface area (Å²) in [6, 6.07) is 3.93. The van der Waals surface area contributed by atoms with E-state index in [-0.39, 0.29) is 40.9 Å². The molecular weight excluding hydrogens is 403 g/mol. The number of carbonyl (C=O) groups is 2. The van der Waals surface area contributed by atoms with Crippen molar-refractivity contribution in [2.75, 3.05) is 19.2 Å². The first-order valence-corrected chi connectivity index (χ1v) is 9.58. The van der Waals surface area contributed by atoms with Crippen LogP contribution in [0.3, 0.4) is 0 Å². The average molecular weight is 425 g/mol. The Balaban J connectivity index is 1.60. The maximum Gasteiger partial charge on any atom is 0.274 e. The van der Waals surface area contributed by atoms with E-state index < -0.39 is 17.6 Å². The Bertz CT molecular complexity index is 847. The number of aromatic amines is 1. The van der Waals surface area contributed by atoms with Crippen molar-refractivity contribution >= 4 is 29.1 Å². The van der Waals surface area contributed by atoms with E-state index in [1.165, 1.54) is 18.3 Å². The summed E-state index contributed by atoms with van der Waals surface area (Å²) in [5, 5.41) is 11.8. The van der Waals surface area contributed by atoms with E-state index in [0.717, 1.165) is 31.7 Å². The van der Waals surface area contributed by atoms with Gasteiger partial charge in [-0.25, -0.2) is 4.39 Å². The van der Waals surface area contributed by atoms with Gasteiger partial charge in [0.2, 0.25) is 0 Å². The number of anilines is 1. The van der Waals surface area contributed by atoms with Gasteiger partial charge in [0.1, 0.15) is 12.6 Å². The van der Waals surface area contributed by atoms with E-state index in [1.54, 1.807) is 7.11 Å². The van der Waals surface area contributed by atoms with Crippen molar-refractivity contribution in [2.24, 2.45) is 0 Å². The Kier molecular flexibility index (Phi) is 7.18. The number of aromatic nitrogens is 2. The van der Waals surface area contributed by atoms with Crippen molar-refractivity contribution in [1.29, 1.82) is 0 Å². The molecule has 156 valence electrons. The fraction of sp³-hybridized carbons (Fsp3) is 0.421. The van der Waals surface area contributed by atoms with Crippen molar-refractivity contribution < 1.29 is 23.5 Å². The topological polar surface area (TPSA) is 105 Å². The minimum atomic E-state index is -0.764. The van der Waals surface area contributed by atoms with Gasteiger partial charge in [0.05, 0.1) is 22.4 Å². The molecule has 0 unspecified atom stereocenters. The van der Waals surface area contributed by atoms with E-state index in [1.807, 2.05) is 0 Å². The van der Waals surface area contributed by atoms with Crippen LogP contribution in [0.4, 0.5) is 10.1 Å². The van der Waals surface area contributed by atoms with Crippen LogP contribution < -0.4 is 10.6 Å². The summed E-state index contributed by atoms with van der Waals surface area (Å²) in [5.74, 6) is -1.95. The highest BCUT2D eigenvalue weighted by Crippen LogP contribution is 2.23. The molecule has 1 aromatic carbocycles. The maximum absolute atomic E-state index is 13.9. The summed E-state index contributed by atoms with van der Waals surface area (Å²) in [5.41, 5.74) is -0.136. The van der Waals surface area contributed by atoms with Crippen LogP contribution in [-0.4, -0.2) is 48.1 Å². The highest BCUT2D eigenvalue weighted by atomic mass is 35.5. The van der Waals surface area contributed by atoms with Crippen molar-refractivity contribution in [3.8, 4) is 0 Å². The predicted molar refractivity (Wildman–Crippen MR) is 104 cm³/mol. The zero-order valence-electron chi connectivity index (χ0n) is 15.8. The summed E-state index contributed by atoms with van der Waals surface area (Å²) in [6.07, 6.45) is 4.62. The predicted octanol–water partition coefficient (Wildman–Crippen LogP) is 3.12. The summed E-state index contributed by atoms with van der Waals surface area (Å²) < 4.78 is 24.4. The first kappa shape index (κ1) is 21.2. The summed E-state index contributed by atoms with van der Waals surface area (Å²) in [4.78, 5) is 25.0. The molecule has 1 aromatic heterocycles. The summed E-state index contributed by atoms with van der Waals surface area (Å²) in [7, 11) is 1.58. The lowest BCUT2D eigenvalue weighted by Crippen LogP contribution is -2.39. The number of rotatable bonds is 7. The quantitative estimate of drug-likeness (QED) is 0.592. The lowest BCUT2D eigenvalue weighted by atomic mass is 9.93. The molecule has 10 heteroatoms. The van der Waals surface area contributed by atoms with E-state index in [2.05, 4.69) is 20.8 Å². The molecule has 2 amide bonds. The Morgan fingerprint density at radius 2 is 2.03 bits per heavy atom. The molecule has 0 radical (unpaired) electrons. The maximum atomic E-state index is 13.9. The van der Waals surface area contributed by atoms with Gasteiger partial charge in [0, 0.05) is 19.3 Å². The number of carbonyl (C=O) groups excluding carboxylic acids is 2. The van der Waals surface area contributed by atoms with Gasteiger partial charge in [-0.3, -0.25) is 14.7 Å². The van der Waals surface area contributed by atoms with Gasteiger partial charge < -0.3 is 20.1 Å². The lowest BCUT2D eigenvalue weighted by Gasteiger charge is -2.28. The number of amides is 2. The van der Waals surface area contributed by atoms with Gasteiger partial charge >= 0.3 is 0 Å². The number of H-pyrrole nitrogens is 1. The van der Waals surface area contributed by atoms with Crippen LogP contribution in [-0.2, 0) is 9.47 Å². The van der Waals surface area contributed by atoms with E-state index in [0.29, 0.717) is 0 Å². The Labute approximate surface area is 172 Å². The lowest BCUT2D eigenvalue weighted by molar-refractivity contribution is -0.0837. The van der Waals surface area contributed by atoms with Crippen LogP contribution in [0.2, 0.25) is 5.02 Å². The van der Waals surface area contributed by atoms with Gasteiger partial charge in [-0.05, 0) is 37.8 Å². The largest absolute Gasteiger partial charge is 0.359 e. The Morgan fingerprint density at radius 1 is 1.28 bits per heavy atom. The van der Waals surface area contributed by atoms with Crippen LogP contribution in [0.1, 0.15) is 46.5 Å². The number of halogens is 2. The first-order chi connectivity index (χ1) is 14.0. The second kappa shape index (κ2) is 9.82. The third-order valence-electron chi connectivity index (χ3n) is 4.72. The number of benzene rings is 1. The van der Waals surface area contributed by atoms with Crippen LogP contribution in [0, 0.1) is 5.82 Å². The fourth-order valence-corrected chi connectivity index (χ4v) is 3.50. The molecule has 1 heterocycles. The molecule has 3 N–H and O–H groups in total. The van der Waals surface area contributed by atoms with Gasteiger partial charge in [0.25, 0.3) is 11.8 Å². The zero-order chi connectivity index (χ0) is 20.8. The number of methoxy groups -OCH3 is 1. The van der Waals surface area contributed by atoms with E-state index in [4.69, 9.17) is 21.1 Å². The van der Waals surface area contributed by atoms with Crippen LogP contribution in [0.25, 0.3) is 0 Å². The first-order valence-electron chi connectivity index (χ1n) is 9.20. The van der Waals surface area contributed by atoms with Crippen LogP contribution >= 0.6 is 11.6 Å². The third-order valence-corrected chi connectivity index (χ3v) is 5.04. The molecule has 0 aliphatic heterocycles. The van der Waals surface area contributed by atoms with Crippen LogP contribution in [0.5, 0.6) is 0 Å². The molecule has 1 aliphatic carbocycles. The van der Waals surface area contributed by atoms with E-state index in [9.17, 15) is 14.0 Å². The second-order valence-electron chi connectivity index (χ2n) is 6.72. The van der Waals surface area contributed by atoms with Crippen molar-refractivity contribution in [1.82, 2.24) is 15.5 Å². The van der Waals surface area contributed by atoms with Crippen molar-refractivity contribution in [3.63, 3.8) is 0 Å². The summed E-state index contributed by atoms with van der Waals surface area (Å²) >= 11 is 5.92. The standard InChI is InChI=1S/C19H22ClFN4O4/c1-28-10-29-12-7-5-11(6-8-12)23-19(27)17-15(9-22-25-17)24-18(26)16-13(20)3-2-4-14(16)21/h2-4,9,11-12H,5-8,10H2,1H3,(H,22,25)(H,23,27)(H,24,26). The monoisotopic (exact) mass is 424 g/mol. The molecule has 1 aliphatic rings. The zero-order valence-corrected chi connectivity index (χ0v) is 16.6. The van der Waals surface area contributed by atoms with Crippen LogP contribution in [0.15, 0.2) is 24.4 Å². The number of nitrogens with zero attached hydrogens (tertiary/aromatic N) is 1. The molecule has 0 bridgehead atoms. The molecule has 8 nitrogen and oxygen atoms in total. The average Bonchev–Trinajstić information content (AvgIpc) is 3.15. The molecule has 0 saturated heterocycles. The smallest absolute Gasteiger partial charge is 0.274 e. The number of hydrogen-bond acceptors (Lipinski definition) is 5. The molecular formula is C19H22ClFN4O4. The molecule has 1 fully saturated rings. The second-order valence-corrected chi connectivity index (χ2v) is 7.13. The van der Waals surface area contributed by atoms with Crippen molar-refractivity contribution in [3.05, 3.63) is 46.5 Å². The molecule has 2 aromatic rings. The van der Waals surface area contributed by atoms with Gasteiger partial charge in [0.15, 0.2) is 5.69 Å². The molecule has 29 heavy (non-hydrogen) atoms. The van der Waals surface area contributed by atoms with E-state index >= 15 is 0 Å². The Morgan fingerprint density at radius 3 is 2.72 bits per heavy atom. The summed E-state index contributed by atoms with van der Waals surface area (Å²) in [6.45, 7) is 0.254. The normalized spacial score (nSPS) is 19.0. The minimum absolute atomic E-state index is 0.0172. The number of hydrogen-bond donors (Lipinski definition) is 3. The van der Waals surface area contributed by atoms with Gasteiger partial charge in [-0.15, -0.1) is 0 Å². The van der Waals surface area contributed by atoms with Gasteiger partial charge in [-0.1, -0.05) is 17.7 Å². The van der Waals surface area contributed by atoms with Crippen molar-refractivity contribution in [2.45, 2.75) is 37.8 Å². The third kappa shape index (κ3) is 5.31. The Hall–Kier alpha value is -2.49. The van der Waals surface area contributed by atoms with Gasteiger partial charge in [-0.2, -0.15) is 5.10 Å². The highest BCUT2D eigenvalue weighted by molar-refractivity contribution is 6.34. The molecule has 0 atom stereocenters. The molecule has 0 spiro atoms.